The van der Waals surface area contributed by atoms with Crippen LogP contribution in [0.1, 0.15) is 32.6 Å². The summed E-state index contributed by atoms with van der Waals surface area (Å²) in [6.45, 7) is 1.50. The molecule has 1 N–H and O–H groups in total. The first kappa shape index (κ1) is 20.8. The van der Waals surface area contributed by atoms with Gasteiger partial charge in [0.05, 0.1) is 0 Å². The van der Waals surface area contributed by atoms with E-state index in [0.29, 0.717) is 12.1 Å². The van der Waals surface area contributed by atoms with Gasteiger partial charge < -0.3 is 5.32 Å². The van der Waals surface area contributed by atoms with Crippen LogP contribution in [-0.4, -0.2) is 46.1 Å². The summed E-state index contributed by atoms with van der Waals surface area (Å²) in [5.74, 6) is -2.15. The zero-order valence-corrected chi connectivity index (χ0v) is 17.4. The fourth-order valence-electron chi connectivity index (χ4n) is 4.36. The first-order chi connectivity index (χ1) is 15.0. The minimum atomic E-state index is -0.933. The summed E-state index contributed by atoms with van der Waals surface area (Å²) in [4.78, 5) is 51.9. The van der Waals surface area contributed by atoms with Gasteiger partial charge in [-0.2, -0.15) is 0 Å². The molecule has 1 heterocycles. The second-order valence-corrected chi connectivity index (χ2v) is 8.17. The van der Waals surface area contributed by atoms with E-state index in [1.54, 1.807) is 12.1 Å². The van der Waals surface area contributed by atoms with Gasteiger partial charge in [0.1, 0.15) is 6.54 Å². The minimum Gasteiger partial charge on any atom is -0.325 e. The van der Waals surface area contributed by atoms with Crippen molar-refractivity contribution in [3.05, 3.63) is 54.6 Å². The molecule has 5 amide bonds. The maximum Gasteiger partial charge on any atom is 0.334 e. The van der Waals surface area contributed by atoms with E-state index in [1.165, 1.54) is 0 Å². The maximum atomic E-state index is 12.8. The van der Waals surface area contributed by atoms with Gasteiger partial charge in [-0.25, -0.2) is 9.69 Å². The van der Waals surface area contributed by atoms with E-state index in [1.807, 2.05) is 49.4 Å². The van der Waals surface area contributed by atoms with Crippen LogP contribution < -0.4 is 5.32 Å². The van der Waals surface area contributed by atoms with Gasteiger partial charge in [-0.1, -0.05) is 62.2 Å². The Balaban J connectivity index is 1.40. The van der Waals surface area contributed by atoms with Gasteiger partial charge in [0.15, 0.2) is 0 Å². The molecule has 0 radical (unpaired) electrons. The van der Waals surface area contributed by atoms with E-state index in [4.69, 9.17) is 0 Å². The molecule has 31 heavy (non-hydrogen) atoms. The molecular formula is C24H25N3O4. The van der Waals surface area contributed by atoms with E-state index in [0.717, 1.165) is 40.2 Å². The molecule has 1 saturated carbocycles. The number of amides is 5. The molecule has 2 fully saturated rings. The second kappa shape index (κ2) is 8.71. The fourth-order valence-corrected chi connectivity index (χ4v) is 4.36. The molecule has 0 unspecified atom stereocenters. The number of imide groups is 2. The maximum absolute atomic E-state index is 12.8. The van der Waals surface area contributed by atoms with Crippen LogP contribution >= 0.6 is 0 Å². The Labute approximate surface area is 181 Å². The van der Waals surface area contributed by atoms with Gasteiger partial charge in [-0.3, -0.25) is 19.3 Å². The smallest absolute Gasteiger partial charge is 0.325 e. The number of anilines is 1. The van der Waals surface area contributed by atoms with Crippen LogP contribution in [0.3, 0.4) is 0 Å². The molecule has 0 aromatic heterocycles. The van der Waals surface area contributed by atoms with Gasteiger partial charge in [0.2, 0.25) is 5.91 Å². The van der Waals surface area contributed by atoms with Crippen molar-refractivity contribution in [2.24, 2.45) is 5.92 Å². The third-order valence-corrected chi connectivity index (χ3v) is 6.06. The van der Waals surface area contributed by atoms with Crippen LogP contribution in [0.2, 0.25) is 0 Å². The van der Waals surface area contributed by atoms with Crippen LogP contribution in [0, 0.1) is 5.92 Å². The van der Waals surface area contributed by atoms with Crippen molar-refractivity contribution in [2.75, 3.05) is 11.9 Å². The number of benzene rings is 2. The number of nitrogens with zero attached hydrogens (tertiary/aromatic N) is 2. The summed E-state index contributed by atoms with van der Waals surface area (Å²) in [5, 5.41) is 2.69. The average Bonchev–Trinajstić information content (AvgIpc) is 2.98. The van der Waals surface area contributed by atoms with Crippen LogP contribution in [-0.2, 0) is 14.4 Å². The molecule has 0 bridgehead atoms. The Kier molecular flexibility index (Phi) is 5.84. The number of nitrogens with one attached hydrogen (secondary N) is 1. The Morgan fingerprint density at radius 1 is 0.903 bits per heavy atom. The van der Waals surface area contributed by atoms with Crippen LogP contribution in [0.5, 0.6) is 0 Å². The molecule has 7 heteroatoms. The quantitative estimate of drug-likeness (QED) is 0.592. The van der Waals surface area contributed by atoms with Gasteiger partial charge in [0, 0.05) is 11.7 Å². The average molecular weight is 419 g/mol. The molecule has 2 aromatic rings. The van der Waals surface area contributed by atoms with Crippen molar-refractivity contribution >= 4 is 29.4 Å². The standard InChI is InChI=1S/C24H25N3O4/c1-16-7-5-6-10-20(16)27-23(30)22(29)26(24(27)31)15-21(28)25-19-13-11-18(12-14-19)17-8-3-2-4-9-17/h2-4,8-9,11-14,16,20H,5-7,10,15H2,1H3,(H,25,28)/t16-,20-/m0/s1. The van der Waals surface area contributed by atoms with E-state index >= 15 is 0 Å². The monoisotopic (exact) mass is 419 g/mol. The van der Waals surface area contributed by atoms with Crippen molar-refractivity contribution in [1.29, 1.82) is 0 Å². The second-order valence-electron chi connectivity index (χ2n) is 8.17. The Morgan fingerprint density at radius 3 is 2.23 bits per heavy atom. The third kappa shape index (κ3) is 4.21. The molecule has 2 atom stereocenters. The highest BCUT2D eigenvalue weighted by Crippen LogP contribution is 2.31. The van der Waals surface area contributed by atoms with Crippen molar-refractivity contribution in [3.8, 4) is 11.1 Å². The lowest BCUT2D eigenvalue weighted by molar-refractivity contribution is -0.145. The van der Waals surface area contributed by atoms with Gasteiger partial charge >= 0.3 is 17.8 Å². The summed E-state index contributed by atoms with van der Waals surface area (Å²) in [7, 11) is 0. The molecule has 4 rings (SSSR count). The molecular weight excluding hydrogens is 394 g/mol. The highest BCUT2D eigenvalue weighted by Gasteiger charge is 2.49. The topological polar surface area (TPSA) is 86.8 Å². The van der Waals surface area contributed by atoms with E-state index in [2.05, 4.69) is 5.32 Å². The lowest BCUT2D eigenvalue weighted by Gasteiger charge is -2.34. The first-order valence-corrected chi connectivity index (χ1v) is 10.6. The normalized spacial score (nSPS) is 21.5. The van der Waals surface area contributed by atoms with E-state index < -0.39 is 30.3 Å². The summed E-state index contributed by atoms with van der Waals surface area (Å²) >= 11 is 0. The minimum absolute atomic E-state index is 0.145. The number of carbonyl (C=O) groups excluding carboxylic acids is 4. The molecule has 1 saturated heterocycles. The van der Waals surface area contributed by atoms with Crippen molar-refractivity contribution in [2.45, 2.75) is 38.6 Å². The number of hydrogen-bond acceptors (Lipinski definition) is 4. The molecule has 160 valence electrons. The largest absolute Gasteiger partial charge is 0.334 e. The molecule has 7 nitrogen and oxygen atoms in total. The van der Waals surface area contributed by atoms with E-state index in [-0.39, 0.29) is 12.0 Å². The molecule has 1 aliphatic heterocycles. The van der Waals surface area contributed by atoms with Gasteiger partial charge in [-0.05, 0) is 42.0 Å². The van der Waals surface area contributed by atoms with Crippen LogP contribution in [0.25, 0.3) is 11.1 Å². The molecule has 1 aliphatic carbocycles. The SMILES string of the molecule is C[C@H]1CCCC[C@@H]1N1C(=O)C(=O)N(CC(=O)Nc2ccc(-c3ccccc3)cc2)C1=O. The van der Waals surface area contributed by atoms with Crippen LogP contribution in [0.15, 0.2) is 54.6 Å². The predicted molar refractivity (Wildman–Crippen MR) is 116 cm³/mol. The number of carbonyl (C=O) groups is 4. The van der Waals surface area contributed by atoms with Crippen molar-refractivity contribution in [3.63, 3.8) is 0 Å². The Morgan fingerprint density at radius 2 is 1.55 bits per heavy atom. The van der Waals surface area contributed by atoms with E-state index in [9.17, 15) is 19.2 Å². The highest BCUT2D eigenvalue weighted by atomic mass is 16.2. The van der Waals surface area contributed by atoms with Gasteiger partial charge in [-0.15, -0.1) is 0 Å². The fraction of sp³-hybridized carbons (Fsp3) is 0.333. The zero-order chi connectivity index (χ0) is 22.0. The number of urea groups is 1. The Hall–Kier alpha value is -3.48. The summed E-state index contributed by atoms with van der Waals surface area (Å²) in [6.07, 6.45) is 3.58. The highest BCUT2D eigenvalue weighted by molar-refractivity contribution is 6.45. The number of rotatable bonds is 5. The summed E-state index contributed by atoms with van der Waals surface area (Å²) in [6, 6.07) is 16.1. The van der Waals surface area contributed by atoms with Gasteiger partial charge in [0.25, 0.3) is 0 Å². The third-order valence-electron chi connectivity index (χ3n) is 6.06. The number of hydrogen-bond donors (Lipinski definition) is 1. The van der Waals surface area contributed by atoms with Crippen LogP contribution in [0.4, 0.5) is 10.5 Å². The lowest BCUT2D eigenvalue weighted by Crippen LogP contribution is -2.46. The summed E-state index contributed by atoms with van der Waals surface area (Å²) < 4.78 is 0. The zero-order valence-electron chi connectivity index (χ0n) is 17.4. The molecule has 2 aromatic carbocycles. The predicted octanol–water partition coefficient (Wildman–Crippen LogP) is 3.66. The molecule has 2 aliphatic rings. The molecule has 0 spiro atoms. The van der Waals surface area contributed by atoms with Crippen molar-refractivity contribution < 1.29 is 19.2 Å². The first-order valence-electron chi connectivity index (χ1n) is 10.6. The van der Waals surface area contributed by atoms with Crippen molar-refractivity contribution in [1.82, 2.24) is 9.80 Å². The lowest BCUT2D eigenvalue weighted by atomic mass is 9.85. The summed E-state index contributed by atoms with van der Waals surface area (Å²) in [5.41, 5.74) is 2.61. The Bertz CT molecular complexity index is 1000.